The molecule has 0 saturated heterocycles. The molecule has 12 heavy (non-hydrogen) atoms. The van der Waals surface area contributed by atoms with Crippen molar-refractivity contribution in [3.05, 3.63) is 12.2 Å². The van der Waals surface area contributed by atoms with Crippen LogP contribution < -0.4 is 0 Å². The molecular weight excluding hydrogens is 156 g/mol. The van der Waals surface area contributed by atoms with Crippen LogP contribution in [0.2, 0.25) is 0 Å². The Morgan fingerprint density at radius 2 is 2.25 bits per heavy atom. The Hall–Kier alpha value is -0.830. The van der Waals surface area contributed by atoms with Gasteiger partial charge in [-0.3, -0.25) is 0 Å². The smallest absolute Gasteiger partial charge is 0.334 e. The van der Waals surface area contributed by atoms with Gasteiger partial charge in [0.25, 0.3) is 0 Å². The molecular formula is C9H16O3. The van der Waals surface area contributed by atoms with Crippen LogP contribution in [0.25, 0.3) is 0 Å². The number of rotatable bonds is 5. The zero-order valence-corrected chi connectivity index (χ0v) is 7.62. The number of carbonyl (C=O) groups is 1. The van der Waals surface area contributed by atoms with E-state index < -0.39 is 12.1 Å². The van der Waals surface area contributed by atoms with Gasteiger partial charge in [0.2, 0.25) is 0 Å². The number of carbonyl (C=O) groups excluding carboxylic acids is 1. The normalized spacial score (nSPS) is 13.2. The number of aliphatic hydroxyl groups is 1. The first-order valence-electron chi connectivity index (χ1n) is 4.18. The van der Waals surface area contributed by atoms with Crippen molar-refractivity contribution in [2.75, 3.05) is 6.61 Å². The zero-order valence-electron chi connectivity index (χ0n) is 7.62. The van der Waals surface area contributed by atoms with Crippen LogP contribution in [0.5, 0.6) is 0 Å². The third-order valence-electron chi connectivity index (χ3n) is 1.27. The van der Waals surface area contributed by atoms with E-state index >= 15 is 0 Å². The monoisotopic (exact) mass is 172 g/mol. The molecule has 0 rings (SSSR count). The summed E-state index contributed by atoms with van der Waals surface area (Å²) in [7, 11) is 0. The summed E-state index contributed by atoms with van der Waals surface area (Å²) >= 11 is 0. The topological polar surface area (TPSA) is 46.5 Å². The molecule has 0 heterocycles. The highest BCUT2D eigenvalue weighted by molar-refractivity contribution is 5.73. The van der Waals surface area contributed by atoms with E-state index in [4.69, 9.17) is 9.84 Å². The Labute approximate surface area is 73.0 Å². The predicted octanol–water partition coefficient (Wildman–Crippen LogP) is 1.27. The van der Waals surface area contributed by atoms with Gasteiger partial charge in [0.1, 0.15) is 6.10 Å². The van der Waals surface area contributed by atoms with E-state index in [1.54, 1.807) is 0 Å². The van der Waals surface area contributed by atoms with Crippen LogP contribution in [0.1, 0.15) is 26.7 Å². The van der Waals surface area contributed by atoms with Crippen LogP contribution in [0.15, 0.2) is 12.2 Å². The first-order chi connectivity index (χ1) is 5.68. The van der Waals surface area contributed by atoms with Gasteiger partial charge in [0, 0.05) is 0 Å². The Morgan fingerprint density at radius 3 is 2.75 bits per heavy atom. The molecule has 0 aliphatic rings. The summed E-state index contributed by atoms with van der Waals surface area (Å²) in [5.41, 5.74) is 0. The lowest BCUT2D eigenvalue weighted by molar-refractivity contribution is -0.152. The number of hydrogen-bond acceptors (Lipinski definition) is 3. The number of hydrogen-bond donors (Lipinski definition) is 1. The van der Waals surface area contributed by atoms with E-state index in [0.29, 0.717) is 13.0 Å². The summed E-state index contributed by atoms with van der Waals surface area (Å²) in [4.78, 5) is 10.7. The minimum atomic E-state index is -1.01. The standard InChI is InChI=1S/C9H16O3/c1-3-4-5-6-7-12-9(11)8(2)10/h4-5,8,10H,3,6-7H2,1-2H3. The molecule has 0 spiro atoms. The first kappa shape index (κ1) is 11.2. The van der Waals surface area contributed by atoms with Crippen molar-refractivity contribution in [3.63, 3.8) is 0 Å². The fourth-order valence-electron chi connectivity index (χ4n) is 0.633. The van der Waals surface area contributed by atoms with Gasteiger partial charge in [0.15, 0.2) is 0 Å². The van der Waals surface area contributed by atoms with Gasteiger partial charge in [-0.05, 0) is 19.8 Å². The summed E-state index contributed by atoms with van der Waals surface area (Å²) in [6.07, 6.45) is 4.66. The van der Waals surface area contributed by atoms with E-state index in [1.807, 2.05) is 19.1 Å². The molecule has 0 aromatic carbocycles. The van der Waals surface area contributed by atoms with Crippen molar-refractivity contribution in [1.82, 2.24) is 0 Å². The lowest BCUT2D eigenvalue weighted by Crippen LogP contribution is -2.19. The molecule has 0 aliphatic heterocycles. The lowest BCUT2D eigenvalue weighted by Gasteiger charge is -2.03. The largest absolute Gasteiger partial charge is 0.463 e. The third kappa shape index (κ3) is 5.92. The minimum Gasteiger partial charge on any atom is -0.463 e. The van der Waals surface area contributed by atoms with Crippen LogP contribution in [-0.2, 0) is 9.53 Å². The van der Waals surface area contributed by atoms with Crippen molar-refractivity contribution >= 4 is 5.97 Å². The summed E-state index contributed by atoms with van der Waals surface area (Å²) < 4.78 is 4.71. The highest BCUT2D eigenvalue weighted by atomic mass is 16.5. The van der Waals surface area contributed by atoms with Gasteiger partial charge in [0.05, 0.1) is 6.61 Å². The van der Waals surface area contributed by atoms with Crippen LogP contribution in [0.4, 0.5) is 0 Å². The van der Waals surface area contributed by atoms with Crippen LogP contribution in [0.3, 0.4) is 0 Å². The van der Waals surface area contributed by atoms with E-state index in [9.17, 15) is 4.79 Å². The molecule has 0 aliphatic carbocycles. The average Bonchev–Trinajstić information content (AvgIpc) is 2.03. The highest BCUT2D eigenvalue weighted by Gasteiger charge is 2.08. The van der Waals surface area contributed by atoms with Crippen molar-refractivity contribution in [1.29, 1.82) is 0 Å². The second kappa shape index (κ2) is 6.85. The summed E-state index contributed by atoms with van der Waals surface area (Å²) in [6, 6.07) is 0. The van der Waals surface area contributed by atoms with Crippen molar-refractivity contribution in [2.45, 2.75) is 32.8 Å². The van der Waals surface area contributed by atoms with Gasteiger partial charge in [-0.25, -0.2) is 4.79 Å². The van der Waals surface area contributed by atoms with E-state index in [-0.39, 0.29) is 0 Å². The molecule has 0 aromatic rings. The molecule has 0 amide bonds. The maximum absolute atomic E-state index is 10.7. The molecule has 3 nitrogen and oxygen atoms in total. The molecule has 1 unspecified atom stereocenters. The molecule has 0 saturated carbocycles. The van der Waals surface area contributed by atoms with Crippen LogP contribution in [-0.4, -0.2) is 23.8 Å². The molecule has 0 radical (unpaired) electrons. The van der Waals surface area contributed by atoms with Gasteiger partial charge in [-0.1, -0.05) is 19.1 Å². The highest BCUT2D eigenvalue weighted by Crippen LogP contribution is 1.91. The molecule has 70 valence electrons. The molecule has 0 bridgehead atoms. The second-order valence-corrected chi connectivity index (χ2v) is 2.51. The van der Waals surface area contributed by atoms with Crippen LogP contribution in [0, 0.1) is 0 Å². The molecule has 1 N–H and O–H groups in total. The quantitative estimate of drug-likeness (QED) is 0.386. The Balaban J connectivity index is 3.31. The number of allylic oxidation sites excluding steroid dienone is 1. The Bertz CT molecular complexity index is 150. The minimum absolute atomic E-state index is 0.347. The molecule has 0 aromatic heterocycles. The SMILES string of the molecule is CCC=CCCOC(=O)C(C)O. The van der Waals surface area contributed by atoms with E-state index in [1.165, 1.54) is 6.92 Å². The molecule has 1 atom stereocenters. The summed E-state index contributed by atoms with van der Waals surface area (Å²) in [6.45, 7) is 3.78. The first-order valence-corrected chi connectivity index (χ1v) is 4.18. The number of ether oxygens (including phenoxy) is 1. The summed E-state index contributed by atoms with van der Waals surface area (Å²) in [5, 5.41) is 8.73. The number of aliphatic hydroxyl groups excluding tert-OH is 1. The van der Waals surface area contributed by atoms with Crippen molar-refractivity contribution in [2.24, 2.45) is 0 Å². The van der Waals surface area contributed by atoms with Crippen molar-refractivity contribution < 1.29 is 14.6 Å². The fourth-order valence-corrected chi connectivity index (χ4v) is 0.633. The van der Waals surface area contributed by atoms with Gasteiger partial charge < -0.3 is 9.84 Å². The molecule has 0 fully saturated rings. The van der Waals surface area contributed by atoms with Gasteiger partial charge >= 0.3 is 5.97 Å². The zero-order chi connectivity index (χ0) is 9.40. The average molecular weight is 172 g/mol. The fraction of sp³-hybridized carbons (Fsp3) is 0.667. The van der Waals surface area contributed by atoms with E-state index in [2.05, 4.69) is 0 Å². The predicted molar refractivity (Wildman–Crippen MR) is 46.7 cm³/mol. The van der Waals surface area contributed by atoms with Crippen LogP contribution >= 0.6 is 0 Å². The Kier molecular flexibility index (Phi) is 6.38. The van der Waals surface area contributed by atoms with Gasteiger partial charge in [-0.15, -0.1) is 0 Å². The van der Waals surface area contributed by atoms with E-state index in [0.717, 1.165) is 6.42 Å². The number of esters is 1. The van der Waals surface area contributed by atoms with Gasteiger partial charge in [-0.2, -0.15) is 0 Å². The third-order valence-corrected chi connectivity index (χ3v) is 1.27. The maximum Gasteiger partial charge on any atom is 0.334 e. The molecule has 3 heteroatoms. The second-order valence-electron chi connectivity index (χ2n) is 2.51. The lowest BCUT2D eigenvalue weighted by atomic mass is 10.3. The Morgan fingerprint density at radius 1 is 1.58 bits per heavy atom. The summed E-state index contributed by atoms with van der Waals surface area (Å²) in [5.74, 6) is -0.556. The maximum atomic E-state index is 10.7. The van der Waals surface area contributed by atoms with Crippen molar-refractivity contribution in [3.8, 4) is 0 Å².